The first-order valence-electron chi connectivity index (χ1n) is 6.87. The monoisotopic (exact) mass is 286 g/mol. The minimum Gasteiger partial charge on any atom is -0.353 e. The first-order valence-corrected chi connectivity index (χ1v) is 7.25. The van der Waals surface area contributed by atoms with Gasteiger partial charge in [-0.15, -0.1) is 0 Å². The Morgan fingerprint density at radius 1 is 1.53 bits per heavy atom. The smallest absolute Gasteiger partial charge is 0.157 e. The van der Waals surface area contributed by atoms with Crippen molar-refractivity contribution in [1.29, 1.82) is 0 Å². The van der Waals surface area contributed by atoms with Crippen molar-refractivity contribution in [3.63, 3.8) is 0 Å². The lowest BCUT2D eigenvalue weighted by atomic mass is 10.2. The normalized spacial score (nSPS) is 20.1. The lowest BCUT2D eigenvalue weighted by Crippen LogP contribution is -2.28. The molecule has 1 aliphatic heterocycles. The largest absolute Gasteiger partial charge is 0.353 e. The molecular formula is C14H23ClN2O2. The zero-order valence-corrected chi connectivity index (χ0v) is 12.5. The molecule has 2 heterocycles. The molecule has 0 amide bonds. The van der Waals surface area contributed by atoms with Crippen molar-refractivity contribution in [3.05, 3.63) is 23.0 Å². The molecule has 19 heavy (non-hydrogen) atoms. The van der Waals surface area contributed by atoms with Crippen LogP contribution in [0.2, 0.25) is 5.02 Å². The van der Waals surface area contributed by atoms with Gasteiger partial charge in [0.25, 0.3) is 0 Å². The van der Waals surface area contributed by atoms with Crippen LogP contribution in [0.4, 0.5) is 0 Å². The van der Waals surface area contributed by atoms with Crippen molar-refractivity contribution in [1.82, 2.24) is 9.47 Å². The molecule has 0 N–H and O–H groups in total. The van der Waals surface area contributed by atoms with Gasteiger partial charge in [0.15, 0.2) is 6.29 Å². The minimum absolute atomic E-state index is 0.00614. The number of hydrogen-bond acceptors (Lipinski definition) is 3. The summed E-state index contributed by atoms with van der Waals surface area (Å²) in [6.07, 6.45) is 5.33. The van der Waals surface area contributed by atoms with Crippen LogP contribution in [0.1, 0.15) is 25.0 Å². The average Bonchev–Trinajstić information content (AvgIpc) is 2.69. The summed E-state index contributed by atoms with van der Waals surface area (Å²) in [6, 6.07) is 2.00. The molecule has 1 aromatic rings. The second-order valence-corrected chi connectivity index (χ2v) is 5.60. The van der Waals surface area contributed by atoms with E-state index in [2.05, 4.69) is 16.5 Å². The summed E-state index contributed by atoms with van der Waals surface area (Å²) in [5.41, 5.74) is 1.21. The van der Waals surface area contributed by atoms with Crippen molar-refractivity contribution in [2.75, 3.05) is 26.8 Å². The van der Waals surface area contributed by atoms with Crippen LogP contribution in [-0.4, -0.2) is 42.6 Å². The summed E-state index contributed by atoms with van der Waals surface area (Å²) in [4.78, 5) is 2.23. The Kier molecular flexibility index (Phi) is 5.70. The molecular weight excluding hydrogens is 264 g/mol. The summed E-state index contributed by atoms with van der Waals surface area (Å²) >= 11 is 5.97. The van der Waals surface area contributed by atoms with Gasteiger partial charge in [0.05, 0.1) is 11.6 Å². The first-order chi connectivity index (χ1) is 9.15. The standard InChI is InChI=1S/C14H23ClN2O2/c1-16(11-13-9-12(15)10-17(13)2)6-8-19-14-5-3-4-7-18-14/h9-10,14H,3-8,11H2,1-2H3/t14-/m0/s1. The van der Waals surface area contributed by atoms with Gasteiger partial charge in [0.2, 0.25) is 0 Å². The Labute approximate surface area is 120 Å². The molecule has 1 fully saturated rings. The lowest BCUT2D eigenvalue weighted by molar-refractivity contribution is -0.163. The highest BCUT2D eigenvalue weighted by molar-refractivity contribution is 6.30. The predicted molar refractivity (Wildman–Crippen MR) is 76.3 cm³/mol. The van der Waals surface area contributed by atoms with Crippen LogP contribution >= 0.6 is 11.6 Å². The van der Waals surface area contributed by atoms with Gasteiger partial charge in [-0.1, -0.05) is 11.6 Å². The molecule has 5 heteroatoms. The molecule has 0 spiro atoms. The van der Waals surface area contributed by atoms with Crippen LogP contribution in [0.3, 0.4) is 0 Å². The van der Waals surface area contributed by atoms with Gasteiger partial charge in [-0.25, -0.2) is 0 Å². The highest BCUT2D eigenvalue weighted by Gasteiger charge is 2.14. The molecule has 0 unspecified atom stereocenters. The first kappa shape index (κ1) is 14.9. The maximum absolute atomic E-state index is 5.97. The van der Waals surface area contributed by atoms with Gasteiger partial charge < -0.3 is 14.0 Å². The molecule has 2 rings (SSSR count). The summed E-state index contributed by atoms with van der Waals surface area (Å²) in [7, 11) is 4.10. The molecule has 4 nitrogen and oxygen atoms in total. The van der Waals surface area contributed by atoms with E-state index in [0.717, 1.165) is 37.6 Å². The van der Waals surface area contributed by atoms with Crippen molar-refractivity contribution < 1.29 is 9.47 Å². The number of halogens is 1. The fourth-order valence-corrected chi connectivity index (χ4v) is 2.53. The Morgan fingerprint density at radius 3 is 3.00 bits per heavy atom. The molecule has 0 aliphatic carbocycles. The number of rotatable bonds is 6. The van der Waals surface area contributed by atoms with E-state index in [1.54, 1.807) is 0 Å². The van der Waals surface area contributed by atoms with Crippen molar-refractivity contribution in [2.24, 2.45) is 7.05 Å². The van der Waals surface area contributed by atoms with E-state index in [-0.39, 0.29) is 6.29 Å². The third-order valence-electron chi connectivity index (χ3n) is 3.42. The predicted octanol–water partition coefficient (Wildman–Crippen LogP) is 2.65. The number of aromatic nitrogens is 1. The maximum Gasteiger partial charge on any atom is 0.157 e. The molecule has 0 aromatic carbocycles. The van der Waals surface area contributed by atoms with Crippen molar-refractivity contribution in [2.45, 2.75) is 32.1 Å². The zero-order valence-electron chi connectivity index (χ0n) is 11.8. The van der Waals surface area contributed by atoms with Crippen LogP contribution in [0.5, 0.6) is 0 Å². The van der Waals surface area contributed by atoms with Crippen LogP contribution in [0.15, 0.2) is 12.3 Å². The van der Waals surface area contributed by atoms with Crippen molar-refractivity contribution >= 4 is 11.6 Å². The van der Waals surface area contributed by atoms with Crippen molar-refractivity contribution in [3.8, 4) is 0 Å². The highest BCUT2D eigenvalue weighted by Crippen LogP contribution is 2.15. The summed E-state index contributed by atoms with van der Waals surface area (Å²) in [5, 5.41) is 0.790. The third kappa shape index (κ3) is 4.80. The van der Waals surface area contributed by atoms with Gasteiger partial charge in [-0.3, -0.25) is 4.90 Å². The van der Waals surface area contributed by atoms with Gasteiger partial charge >= 0.3 is 0 Å². The van der Waals surface area contributed by atoms with Gasteiger partial charge in [0.1, 0.15) is 0 Å². The summed E-state index contributed by atoms with van der Waals surface area (Å²) in [6.45, 7) is 3.31. The van der Waals surface area contributed by atoms with E-state index in [1.807, 2.05) is 19.3 Å². The van der Waals surface area contributed by atoms with Gasteiger partial charge in [-0.05, 0) is 32.4 Å². The second kappa shape index (κ2) is 7.29. The van der Waals surface area contributed by atoms with E-state index in [9.17, 15) is 0 Å². The van der Waals surface area contributed by atoms with Crippen LogP contribution in [0.25, 0.3) is 0 Å². The van der Waals surface area contributed by atoms with Crippen LogP contribution in [-0.2, 0) is 23.1 Å². The van der Waals surface area contributed by atoms with E-state index in [0.29, 0.717) is 6.61 Å². The van der Waals surface area contributed by atoms with Crippen LogP contribution in [0, 0.1) is 0 Å². The van der Waals surface area contributed by atoms with E-state index in [1.165, 1.54) is 12.1 Å². The molecule has 1 aliphatic rings. The Bertz CT molecular complexity index is 389. The van der Waals surface area contributed by atoms with Crippen LogP contribution < -0.4 is 0 Å². The summed E-state index contributed by atoms with van der Waals surface area (Å²) < 4.78 is 13.3. The SMILES string of the molecule is CN(CCO[C@H]1CCCCO1)Cc1cc(Cl)cn1C. The Balaban J connectivity index is 1.66. The lowest BCUT2D eigenvalue weighted by Gasteiger charge is -2.24. The number of likely N-dealkylation sites (N-methyl/N-ethyl adjacent to an activating group) is 1. The highest BCUT2D eigenvalue weighted by atomic mass is 35.5. The number of ether oxygens (including phenoxy) is 2. The number of hydrogen-bond donors (Lipinski definition) is 0. The fourth-order valence-electron chi connectivity index (χ4n) is 2.26. The van der Waals surface area contributed by atoms with Gasteiger partial charge in [-0.2, -0.15) is 0 Å². The topological polar surface area (TPSA) is 26.6 Å². The Morgan fingerprint density at radius 2 is 2.37 bits per heavy atom. The van der Waals surface area contributed by atoms with E-state index in [4.69, 9.17) is 21.1 Å². The van der Waals surface area contributed by atoms with E-state index >= 15 is 0 Å². The zero-order chi connectivity index (χ0) is 13.7. The van der Waals surface area contributed by atoms with E-state index < -0.39 is 0 Å². The third-order valence-corrected chi connectivity index (χ3v) is 3.63. The molecule has 1 saturated heterocycles. The van der Waals surface area contributed by atoms with Gasteiger partial charge in [0, 0.05) is 38.6 Å². The second-order valence-electron chi connectivity index (χ2n) is 5.17. The molecule has 0 bridgehead atoms. The summed E-state index contributed by atoms with van der Waals surface area (Å²) in [5.74, 6) is 0. The maximum atomic E-state index is 5.97. The minimum atomic E-state index is 0.00614. The fraction of sp³-hybridized carbons (Fsp3) is 0.714. The molecule has 1 atom stereocenters. The average molecular weight is 287 g/mol. The molecule has 108 valence electrons. The molecule has 0 saturated carbocycles. The Hall–Kier alpha value is -0.550. The molecule has 0 radical (unpaired) electrons. The number of nitrogens with zero attached hydrogens (tertiary/aromatic N) is 2. The molecule has 1 aromatic heterocycles. The quantitative estimate of drug-likeness (QED) is 0.804. The number of aryl methyl sites for hydroxylation is 1.